The molecule has 0 amide bonds. The van der Waals surface area contributed by atoms with Gasteiger partial charge in [0.1, 0.15) is 0 Å². The zero-order valence-electron chi connectivity index (χ0n) is 16.1. The number of aromatic nitrogens is 1. The zero-order valence-corrected chi connectivity index (χ0v) is 16.1. The maximum Gasteiger partial charge on any atom is 0.0692 e. The second-order valence-corrected chi connectivity index (χ2v) is 6.71. The summed E-state index contributed by atoms with van der Waals surface area (Å²) in [6.07, 6.45) is 0. The highest BCUT2D eigenvalue weighted by Crippen LogP contribution is 2.24. The summed E-state index contributed by atoms with van der Waals surface area (Å²) >= 11 is 0. The number of para-hydroxylation sites is 2. The van der Waals surface area contributed by atoms with E-state index in [0.717, 1.165) is 34.2 Å². The van der Waals surface area contributed by atoms with E-state index in [1.54, 1.807) is 0 Å². The van der Waals surface area contributed by atoms with E-state index in [9.17, 15) is 0 Å². The van der Waals surface area contributed by atoms with Crippen LogP contribution in [0, 0.1) is 20.8 Å². The number of aliphatic imine (C=N–C) groups is 2. The third kappa shape index (κ3) is 3.83. The molecule has 0 radical (unpaired) electrons. The van der Waals surface area contributed by atoms with E-state index in [4.69, 9.17) is 9.98 Å². The topological polar surface area (TPSA) is 40.5 Å². The van der Waals surface area contributed by atoms with Crippen LogP contribution in [0.1, 0.15) is 41.9 Å². The predicted octanol–water partition coefficient (Wildman–Crippen LogP) is 6.22. The first-order chi connectivity index (χ1) is 12.5. The molecular weight excluding hydrogens is 318 g/mol. The van der Waals surface area contributed by atoms with Crippen molar-refractivity contribution in [3.8, 4) is 0 Å². The largest absolute Gasteiger partial charge is 0.353 e. The fourth-order valence-electron chi connectivity index (χ4n) is 2.96. The van der Waals surface area contributed by atoms with Gasteiger partial charge in [-0.15, -0.1) is 0 Å². The van der Waals surface area contributed by atoms with Crippen LogP contribution in [0.4, 0.5) is 11.4 Å². The van der Waals surface area contributed by atoms with E-state index in [1.165, 1.54) is 16.7 Å². The molecule has 26 heavy (non-hydrogen) atoms. The highest BCUT2D eigenvalue weighted by atomic mass is 14.8. The Kier molecular flexibility index (Phi) is 5.17. The molecule has 3 nitrogen and oxygen atoms in total. The number of benzene rings is 2. The lowest BCUT2D eigenvalue weighted by atomic mass is 10.1. The first-order valence-corrected chi connectivity index (χ1v) is 8.88. The fourth-order valence-corrected chi connectivity index (χ4v) is 2.96. The summed E-state index contributed by atoms with van der Waals surface area (Å²) in [7, 11) is 0. The zero-order chi connectivity index (χ0) is 18.7. The van der Waals surface area contributed by atoms with Crippen molar-refractivity contribution >= 4 is 22.8 Å². The molecule has 0 spiro atoms. The van der Waals surface area contributed by atoms with Gasteiger partial charge in [-0.1, -0.05) is 36.4 Å². The second kappa shape index (κ2) is 7.52. The van der Waals surface area contributed by atoms with Crippen molar-refractivity contribution in [2.45, 2.75) is 34.6 Å². The normalized spacial score (nSPS) is 12.5. The van der Waals surface area contributed by atoms with Crippen molar-refractivity contribution in [2.24, 2.45) is 9.98 Å². The molecule has 3 aromatic rings. The average Bonchev–Trinajstić information content (AvgIpc) is 3.10. The van der Waals surface area contributed by atoms with Crippen LogP contribution in [-0.2, 0) is 0 Å². The monoisotopic (exact) mass is 343 g/mol. The van der Waals surface area contributed by atoms with Crippen LogP contribution < -0.4 is 0 Å². The number of H-pyrrole nitrogens is 1. The minimum absolute atomic E-state index is 0.963. The number of aryl methyl sites for hydroxylation is 3. The molecule has 3 rings (SSSR count). The quantitative estimate of drug-likeness (QED) is 0.546. The van der Waals surface area contributed by atoms with Gasteiger partial charge in [-0.05, 0) is 69.5 Å². The van der Waals surface area contributed by atoms with Crippen molar-refractivity contribution in [2.75, 3.05) is 0 Å². The first-order valence-electron chi connectivity index (χ1n) is 8.88. The molecule has 0 aliphatic heterocycles. The predicted molar refractivity (Wildman–Crippen MR) is 112 cm³/mol. The van der Waals surface area contributed by atoms with Crippen LogP contribution >= 0.6 is 0 Å². The van der Waals surface area contributed by atoms with Crippen molar-refractivity contribution in [3.05, 3.63) is 82.7 Å². The van der Waals surface area contributed by atoms with Gasteiger partial charge in [-0.3, -0.25) is 9.98 Å². The van der Waals surface area contributed by atoms with Crippen molar-refractivity contribution in [1.29, 1.82) is 0 Å². The Morgan fingerprint density at radius 1 is 0.654 bits per heavy atom. The average molecular weight is 343 g/mol. The van der Waals surface area contributed by atoms with Crippen LogP contribution in [0.3, 0.4) is 0 Å². The van der Waals surface area contributed by atoms with E-state index in [1.807, 2.05) is 32.0 Å². The van der Waals surface area contributed by atoms with E-state index in [2.05, 4.69) is 62.2 Å². The molecule has 1 N–H and O–H groups in total. The van der Waals surface area contributed by atoms with Crippen LogP contribution in [-0.4, -0.2) is 16.4 Å². The molecular formula is C23H25N3. The van der Waals surface area contributed by atoms with E-state index in [-0.39, 0.29) is 0 Å². The van der Waals surface area contributed by atoms with Gasteiger partial charge in [0.25, 0.3) is 0 Å². The molecule has 0 saturated carbocycles. The highest BCUT2D eigenvalue weighted by molar-refractivity contribution is 6.03. The van der Waals surface area contributed by atoms with Gasteiger partial charge in [-0.2, -0.15) is 0 Å². The summed E-state index contributed by atoms with van der Waals surface area (Å²) in [4.78, 5) is 13.1. The molecule has 2 aromatic carbocycles. The third-order valence-corrected chi connectivity index (χ3v) is 4.59. The van der Waals surface area contributed by atoms with Crippen LogP contribution in [0.25, 0.3) is 0 Å². The summed E-state index contributed by atoms with van der Waals surface area (Å²) in [6, 6.07) is 18.6. The summed E-state index contributed by atoms with van der Waals surface area (Å²) < 4.78 is 0. The van der Waals surface area contributed by atoms with Gasteiger partial charge in [0.15, 0.2) is 0 Å². The van der Waals surface area contributed by atoms with Crippen LogP contribution in [0.5, 0.6) is 0 Å². The van der Waals surface area contributed by atoms with Crippen LogP contribution in [0.2, 0.25) is 0 Å². The Labute approximate surface area is 155 Å². The minimum Gasteiger partial charge on any atom is -0.353 e. The smallest absolute Gasteiger partial charge is 0.0692 e. The molecule has 132 valence electrons. The summed E-state index contributed by atoms with van der Waals surface area (Å²) in [5.74, 6) is 0. The molecule has 0 aliphatic carbocycles. The number of rotatable bonds is 4. The third-order valence-electron chi connectivity index (χ3n) is 4.59. The van der Waals surface area contributed by atoms with Crippen molar-refractivity contribution < 1.29 is 0 Å². The number of nitrogens with one attached hydrogen (secondary N) is 1. The highest BCUT2D eigenvalue weighted by Gasteiger charge is 2.07. The van der Waals surface area contributed by atoms with E-state index < -0.39 is 0 Å². The van der Waals surface area contributed by atoms with Crippen molar-refractivity contribution in [3.63, 3.8) is 0 Å². The Morgan fingerprint density at radius 3 is 1.81 bits per heavy atom. The van der Waals surface area contributed by atoms with Gasteiger partial charge in [0, 0.05) is 0 Å². The lowest BCUT2D eigenvalue weighted by Gasteiger charge is -2.06. The Bertz CT molecular complexity index is 970. The number of hydrogen-bond acceptors (Lipinski definition) is 2. The molecule has 0 unspecified atom stereocenters. The number of aromatic amines is 1. The molecule has 0 atom stereocenters. The fraction of sp³-hybridized carbons (Fsp3) is 0.217. The molecule has 1 aromatic heterocycles. The maximum atomic E-state index is 4.84. The summed E-state index contributed by atoms with van der Waals surface area (Å²) in [5, 5.41) is 0. The van der Waals surface area contributed by atoms with E-state index >= 15 is 0 Å². The maximum absolute atomic E-state index is 4.84. The first kappa shape index (κ1) is 17.9. The standard InChI is InChI=1S/C23H25N3/c1-15-9-6-7-12-20(15)24-18(4)21-13-14-22(26-21)19(5)25-23-16(2)10-8-11-17(23)3/h6-14,26H,1-5H3. The lowest BCUT2D eigenvalue weighted by molar-refractivity contribution is 1.28. The molecule has 0 aliphatic rings. The number of hydrogen-bond donors (Lipinski definition) is 1. The van der Waals surface area contributed by atoms with Gasteiger partial charge >= 0.3 is 0 Å². The van der Waals surface area contributed by atoms with Gasteiger partial charge < -0.3 is 4.98 Å². The van der Waals surface area contributed by atoms with Gasteiger partial charge in [0.2, 0.25) is 0 Å². The SMILES string of the molecule is CC(=Nc1ccccc1C)c1ccc(C(C)=Nc2c(C)cccc2C)[nH]1. The van der Waals surface area contributed by atoms with Crippen molar-refractivity contribution in [1.82, 2.24) is 4.98 Å². The minimum atomic E-state index is 0.963. The van der Waals surface area contributed by atoms with E-state index in [0.29, 0.717) is 0 Å². The number of nitrogens with zero attached hydrogens (tertiary/aromatic N) is 2. The molecule has 0 bridgehead atoms. The molecule has 3 heteroatoms. The Balaban J connectivity index is 1.90. The summed E-state index contributed by atoms with van der Waals surface area (Å²) in [5.41, 5.74) is 9.56. The Morgan fingerprint density at radius 2 is 1.19 bits per heavy atom. The molecule has 1 heterocycles. The second-order valence-electron chi connectivity index (χ2n) is 6.71. The van der Waals surface area contributed by atoms with Gasteiger partial charge in [0.05, 0.1) is 34.2 Å². The Hall–Kier alpha value is -2.94. The van der Waals surface area contributed by atoms with Crippen LogP contribution in [0.15, 0.2) is 64.6 Å². The summed E-state index contributed by atoms with van der Waals surface area (Å²) in [6.45, 7) is 10.3. The molecule has 0 saturated heterocycles. The molecule has 0 fully saturated rings. The lowest BCUT2D eigenvalue weighted by Crippen LogP contribution is -1.99. The van der Waals surface area contributed by atoms with Gasteiger partial charge in [-0.25, -0.2) is 0 Å².